The number of carbonyl (C=O) groups is 2. The molecule has 0 spiro atoms. The number of ether oxygens (including phenoxy) is 2. The molecule has 0 radical (unpaired) electrons. The van der Waals surface area contributed by atoms with Gasteiger partial charge >= 0.3 is 23.3 Å². The van der Waals surface area contributed by atoms with Crippen LogP contribution in [0, 0.1) is 31.9 Å². The normalized spacial score (nSPS) is 11.5. The molecule has 0 N–H and O–H groups in total. The van der Waals surface area contributed by atoms with Crippen LogP contribution in [0.1, 0.15) is 37.8 Å². The van der Waals surface area contributed by atoms with Crippen LogP contribution >= 0.6 is 0 Å². The van der Waals surface area contributed by atoms with Crippen molar-refractivity contribution in [2.75, 3.05) is 14.2 Å². The molecule has 0 aromatic heterocycles. The fourth-order valence-corrected chi connectivity index (χ4v) is 2.67. The van der Waals surface area contributed by atoms with E-state index < -0.39 is 56.1 Å². The standard InChI is InChI=1S/C11H12FNO4.C10H10FNO4/c1-11(2,10(14)17-3)7-4-5-9(13(15)16)8(12)6-7;1-6(10(13)16-2)7-3-4-9(12(14)15)8(11)5-7/h4-6H,1-3H3;3-6H,1-2H3. The third-order valence-electron chi connectivity index (χ3n) is 4.78. The van der Waals surface area contributed by atoms with Gasteiger partial charge in [0, 0.05) is 12.1 Å². The van der Waals surface area contributed by atoms with Gasteiger partial charge in [-0.1, -0.05) is 12.1 Å². The molecule has 33 heavy (non-hydrogen) atoms. The number of methoxy groups -OCH3 is 2. The third kappa shape index (κ3) is 6.51. The van der Waals surface area contributed by atoms with E-state index in [2.05, 4.69) is 9.47 Å². The Kier molecular flexibility index (Phi) is 9.08. The van der Waals surface area contributed by atoms with Crippen LogP contribution in [0.3, 0.4) is 0 Å². The SMILES string of the molecule is COC(=O)C(C)(C)c1ccc([N+](=O)[O-])c(F)c1.COC(=O)C(C)c1ccc([N+](=O)[O-])c(F)c1. The van der Waals surface area contributed by atoms with Gasteiger partial charge in [-0.3, -0.25) is 29.8 Å². The molecule has 0 aliphatic heterocycles. The van der Waals surface area contributed by atoms with Crippen LogP contribution in [-0.2, 0) is 24.5 Å². The van der Waals surface area contributed by atoms with Gasteiger partial charge in [-0.05, 0) is 44.0 Å². The van der Waals surface area contributed by atoms with Crippen molar-refractivity contribution in [1.82, 2.24) is 0 Å². The van der Waals surface area contributed by atoms with Crippen LogP contribution in [0.4, 0.5) is 20.2 Å². The van der Waals surface area contributed by atoms with Gasteiger partial charge in [0.05, 0.1) is 35.4 Å². The van der Waals surface area contributed by atoms with Gasteiger partial charge in [-0.2, -0.15) is 8.78 Å². The van der Waals surface area contributed by atoms with Crippen molar-refractivity contribution in [2.24, 2.45) is 0 Å². The topological polar surface area (TPSA) is 139 Å². The molecule has 12 heteroatoms. The van der Waals surface area contributed by atoms with Crippen molar-refractivity contribution in [2.45, 2.75) is 32.1 Å². The lowest BCUT2D eigenvalue weighted by Gasteiger charge is -2.21. The van der Waals surface area contributed by atoms with Crippen LogP contribution < -0.4 is 0 Å². The zero-order valence-electron chi connectivity index (χ0n) is 18.5. The maximum Gasteiger partial charge on any atom is 0.315 e. The Morgan fingerprint density at radius 3 is 1.79 bits per heavy atom. The lowest BCUT2D eigenvalue weighted by atomic mass is 9.84. The van der Waals surface area contributed by atoms with Crippen molar-refractivity contribution < 1.29 is 37.7 Å². The third-order valence-corrected chi connectivity index (χ3v) is 4.78. The first-order chi connectivity index (χ1) is 15.3. The highest BCUT2D eigenvalue weighted by atomic mass is 19.1. The van der Waals surface area contributed by atoms with Crippen molar-refractivity contribution in [3.05, 3.63) is 79.4 Å². The number of benzene rings is 2. The summed E-state index contributed by atoms with van der Waals surface area (Å²) in [5.74, 6) is -3.64. The largest absolute Gasteiger partial charge is 0.469 e. The Bertz CT molecular complexity index is 1070. The minimum Gasteiger partial charge on any atom is -0.469 e. The molecular weight excluding hydrogens is 446 g/mol. The fraction of sp³-hybridized carbons (Fsp3) is 0.333. The number of esters is 2. The molecule has 2 aromatic carbocycles. The summed E-state index contributed by atoms with van der Waals surface area (Å²) < 4.78 is 35.7. The summed E-state index contributed by atoms with van der Waals surface area (Å²) in [5, 5.41) is 20.8. The maximum atomic E-state index is 13.4. The van der Waals surface area contributed by atoms with Gasteiger partial charge in [0.2, 0.25) is 11.6 Å². The van der Waals surface area contributed by atoms with Crippen molar-refractivity contribution in [3.63, 3.8) is 0 Å². The summed E-state index contributed by atoms with van der Waals surface area (Å²) in [7, 11) is 2.45. The fourth-order valence-electron chi connectivity index (χ4n) is 2.67. The number of nitro benzene ring substituents is 2. The Hall–Kier alpha value is -3.96. The van der Waals surface area contributed by atoms with Crippen LogP contribution in [0.5, 0.6) is 0 Å². The monoisotopic (exact) mass is 468 g/mol. The molecule has 2 aromatic rings. The minimum absolute atomic E-state index is 0.326. The van der Waals surface area contributed by atoms with Crippen molar-refractivity contribution in [1.29, 1.82) is 0 Å². The average Bonchev–Trinajstić information content (AvgIpc) is 2.76. The number of hydrogen-bond acceptors (Lipinski definition) is 8. The molecule has 0 fully saturated rings. The predicted octanol–water partition coefficient (Wildman–Crippen LogP) is 4.19. The van der Waals surface area contributed by atoms with Crippen LogP contribution in [-0.4, -0.2) is 36.0 Å². The van der Waals surface area contributed by atoms with E-state index in [4.69, 9.17) is 0 Å². The first-order valence-electron chi connectivity index (χ1n) is 9.32. The van der Waals surface area contributed by atoms with E-state index in [1.807, 2.05) is 0 Å². The molecule has 0 aliphatic rings. The smallest absolute Gasteiger partial charge is 0.315 e. The summed E-state index contributed by atoms with van der Waals surface area (Å²) >= 11 is 0. The minimum atomic E-state index is -1.05. The Morgan fingerprint density at radius 2 is 1.39 bits per heavy atom. The number of nitro groups is 2. The lowest BCUT2D eigenvalue weighted by Crippen LogP contribution is -2.30. The van der Waals surface area contributed by atoms with Crippen LogP contribution in [0.25, 0.3) is 0 Å². The van der Waals surface area contributed by atoms with Gasteiger partial charge in [-0.25, -0.2) is 0 Å². The molecule has 0 saturated carbocycles. The highest BCUT2D eigenvalue weighted by Crippen LogP contribution is 2.28. The number of halogens is 2. The van der Waals surface area contributed by atoms with E-state index in [0.29, 0.717) is 11.1 Å². The number of hydrogen-bond donors (Lipinski definition) is 0. The number of nitrogens with zero attached hydrogens (tertiary/aromatic N) is 2. The molecule has 178 valence electrons. The summed E-state index contributed by atoms with van der Waals surface area (Å²) in [5.41, 5.74) is -1.61. The van der Waals surface area contributed by atoms with Crippen molar-refractivity contribution >= 4 is 23.3 Å². The highest BCUT2D eigenvalue weighted by molar-refractivity contribution is 5.82. The molecule has 1 unspecified atom stereocenters. The van der Waals surface area contributed by atoms with Gasteiger partial charge in [0.15, 0.2) is 0 Å². The second-order valence-corrected chi connectivity index (χ2v) is 7.25. The molecule has 0 aliphatic carbocycles. The second-order valence-electron chi connectivity index (χ2n) is 7.25. The zero-order valence-corrected chi connectivity index (χ0v) is 18.5. The van der Waals surface area contributed by atoms with E-state index >= 15 is 0 Å². The molecule has 0 heterocycles. The summed E-state index contributed by atoms with van der Waals surface area (Å²) in [6, 6.07) is 6.70. The molecule has 1 atom stereocenters. The quantitative estimate of drug-likeness (QED) is 0.349. The zero-order chi connectivity index (χ0) is 25.5. The van der Waals surface area contributed by atoms with Crippen molar-refractivity contribution in [3.8, 4) is 0 Å². The molecule has 0 bridgehead atoms. The van der Waals surface area contributed by atoms with Crippen LogP contribution in [0.2, 0.25) is 0 Å². The molecule has 10 nitrogen and oxygen atoms in total. The second kappa shape index (κ2) is 11.1. The predicted molar refractivity (Wildman–Crippen MR) is 112 cm³/mol. The van der Waals surface area contributed by atoms with Gasteiger partial charge in [0.25, 0.3) is 0 Å². The van der Waals surface area contributed by atoms with Gasteiger partial charge < -0.3 is 9.47 Å². The van der Waals surface area contributed by atoms with E-state index in [9.17, 15) is 38.6 Å². The van der Waals surface area contributed by atoms with Gasteiger partial charge in [0.1, 0.15) is 0 Å². The van der Waals surface area contributed by atoms with E-state index in [1.54, 1.807) is 13.8 Å². The number of carbonyl (C=O) groups excluding carboxylic acids is 2. The molecule has 0 saturated heterocycles. The van der Waals surface area contributed by atoms with E-state index in [1.165, 1.54) is 33.3 Å². The molecule has 0 amide bonds. The average molecular weight is 468 g/mol. The van der Waals surface area contributed by atoms with E-state index in [-0.39, 0.29) is 0 Å². The Balaban J connectivity index is 0.000000331. The first-order valence-corrected chi connectivity index (χ1v) is 9.32. The highest BCUT2D eigenvalue weighted by Gasteiger charge is 2.32. The first kappa shape index (κ1) is 27.1. The summed E-state index contributed by atoms with van der Waals surface area (Å²) in [4.78, 5) is 41.8. The van der Waals surface area contributed by atoms with E-state index in [0.717, 1.165) is 24.3 Å². The van der Waals surface area contributed by atoms with Crippen LogP contribution in [0.15, 0.2) is 36.4 Å². The summed E-state index contributed by atoms with van der Waals surface area (Å²) in [6.07, 6.45) is 0. The Morgan fingerprint density at radius 1 is 0.909 bits per heavy atom. The Labute approximate surface area is 187 Å². The summed E-state index contributed by atoms with van der Waals surface area (Å²) in [6.45, 7) is 4.64. The number of rotatable bonds is 6. The molecular formula is C21H22F2N2O8. The van der Waals surface area contributed by atoms with Gasteiger partial charge in [-0.15, -0.1) is 0 Å². The molecule has 2 rings (SSSR count). The maximum absolute atomic E-state index is 13.4. The lowest BCUT2D eigenvalue weighted by molar-refractivity contribution is -0.387.